The van der Waals surface area contributed by atoms with Crippen molar-refractivity contribution in [3.63, 3.8) is 0 Å². The fourth-order valence-corrected chi connectivity index (χ4v) is 5.62. The molecule has 0 heterocycles. The van der Waals surface area contributed by atoms with Gasteiger partial charge in [0.2, 0.25) is 5.60 Å². The summed E-state index contributed by atoms with van der Waals surface area (Å²) in [6, 6.07) is 31.2. The number of ether oxygens (including phenoxy) is 3. The van der Waals surface area contributed by atoms with Gasteiger partial charge in [-0.3, -0.25) is 19.2 Å². The Hall–Kier alpha value is -4.86. The topological polar surface area (TPSA) is 111 Å². The van der Waals surface area contributed by atoms with Gasteiger partial charge in [-0.25, -0.2) is 0 Å². The number of nitrogens with zero attached hydrogens (tertiary/aromatic N) is 1. The second-order valence-electron chi connectivity index (χ2n) is 13.1. The van der Waals surface area contributed by atoms with E-state index < -0.39 is 16.9 Å². The number of carbonyl (C=O) groups excluding carboxylic acids is 4. The Labute approximate surface area is 357 Å². The number of halogens is 2. The number of benzene rings is 4. The van der Waals surface area contributed by atoms with Crippen LogP contribution >= 0.6 is 23.2 Å². The second kappa shape index (κ2) is 28.5. The first-order valence-corrected chi connectivity index (χ1v) is 20.5. The lowest BCUT2D eigenvalue weighted by molar-refractivity contribution is -0.151. The summed E-state index contributed by atoms with van der Waals surface area (Å²) in [6.07, 6.45) is 0.0353. The van der Waals surface area contributed by atoms with Crippen LogP contribution in [0.15, 0.2) is 103 Å². The molecule has 0 aromatic heterocycles. The summed E-state index contributed by atoms with van der Waals surface area (Å²) in [7, 11) is 0. The molecule has 1 unspecified atom stereocenters. The third kappa shape index (κ3) is 19.1. The van der Waals surface area contributed by atoms with Crippen molar-refractivity contribution in [2.75, 3.05) is 29.9 Å². The van der Waals surface area contributed by atoms with Crippen molar-refractivity contribution in [2.45, 2.75) is 102 Å². The molecule has 318 valence electrons. The minimum atomic E-state index is -1.86. The SMILES string of the molecule is CC.CC.CC(=O)OCc1ccccc1.CCN(CC)c1ccc(CC(Oc2ccccc2)(C(=O)Nc2ccc(Cl)cc2Cl)C(=O)C(C)(C)C)cc1.CCOC(C)=O. The Kier molecular flexibility index (Phi) is 26.1. The zero-order valence-corrected chi connectivity index (χ0v) is 37.9. The largest absolute Gasteiger partial charge is 0.469 e. The van der Waals surface area contributed by atoms with Crippen LogP contribution in [-0.2, 0) is 41.7 Å². The van der Waals surface area contributed by atoms with E-state index in [2.05, 4.69) is 28.8 Å². The molecule has 4 aromatic rings. The molecule has 0 aliphatic rings. The van der Waals surface area contributed by atoms with Crippen molar-refractivity contribution in [1.82, 2.24) is 0 Å². The normalized spacial score (nSPS) is 11.0. The second-order valence-corrected chi connectivity index (χ2v) is 13.9. The van der Waals surface area contributed by atoms with E-state index in [-0.39, 0.29) is 29.2 Å². The van der Waals surface area contributed by atoms with Crippen LogP contribution in [-0.4, -0.2) is 48.9 Å². The lowest BCUT2D eigenvalue weighted by atomic mass is 9.76. The fraction of sp³-hybridized carbons (Fsp3) is 0.404. The summed E-state index contributed by atoms with van der Waals surface area (Å²) in [5.74, 6) is -0.990. The van der Waals surface area contributed by atoms with Gasteiger partial charge in [-0.1, -0.05) is 132 Å². The van der Waals surface area contributed by atoms with E-state index in [1.165, 1.54) is 19.9 Å². The van der Waals surface area contributed by atoms with E-state index in [1.54, 1.807) is 64.1 Å². The summed E-state index contributed by atoms with van der Waals surface area (Å²) < 4.78 is 15.6. The number of esters is 2. The van der Waals surface area contributed by atoms with Crippen LogP contribution in [0.4, 0.5) is 11.4 Å². The molecule has 0 bridgehead atoms. The summed E-state index contributed by atoms with van der Waals surface area (Å²) in [6.45, 7) is 24.7. The number of Topliss-reactive ketones (excluding diaryl/α,β-unsaturated/α-hetero) is 1. The Balaban J connectivity index is 0.00000127. The van der Waals surface area contributed by atoms with E-state index in [1.807, 2.05) is 88.4 Å². The van der Waals surface area contributed by atoms with E-state index >= 15 is 0 Å². The van der Waals surface area contributed by atoms with Crippen molar-refractivity contribution in [3.8, 4) is 5.75 Å². The maximum atomic E-state index is 14.1. The summed E-state index contributed by atoms with van der Waals surface area (Å²) in [5, 5.41) is 3.54. The molecule has 1 amide bonds. The highest BCUT2D eigenvalue weighted by Gasteiger charge is 2.52. The van der Waals surface area contributed by atoms with Crippen molar-refractivity contribution >= 4 is 58.2 Å². The van der Waals surface area contributed by atoms with E-state index in [9.17, 15) is 19.2 Å². The molecule has 0 fully saturated rings. The standard InChI is InChI=1S/C30H34Cl2N2O3.C9H10O2.C4H8O2.2C2H6/c1-6-34(7-2)23-16-13-21(14-17-23)20-30(27(35)29(3,4)5,37-24-11-9-8-10-12-24)28(36)33-26-18-15-22(31)19-25(26)32;1-8(10)11-7-9-5-3-2-4-6-9;1-3-6-4(2)5;2*1-2/h8-19H,6-7,20H2,1-5H3,(H,33,36);2-6H,7H2,1H3;3H2,1-2H3;2*1-2H3. The predicted octanol–water partition coefficient (Wildman–Crippen LogP) is 11.8. The Morgan fingerprint density at radius 3 is 1.62 bits per heavy atom. The summed E-state index contributed by atoms with van der Waals surface area (Å²) >= 11 is 12.4. The smallest absolute Gasteiger partial charge is 0.302 e. The molecule has 0 saturated carbocycles. The number of amides is 1. The van der Waals surface area contributed by atoms with Crippen LogP contribution in [0.5, 0.6) is 5.75 Å². The summed E-state index contributed by atoms with van der Waals surface area (Å²) in [5.41, 5.74) is 0.485. The van der Waals surface area contributed by atoms with Gasteiger partial charge in [0.05, 0.1) is 17.3 Å². The zero-order valence-electron chi connectivity index (χ0n) is 36.4. The van der Waals surface area contributed by atoms with Crippen LogP contribution in [0.1, 0.15) is 94.2 Å². The number of para-hydroxylation sites is 1. The monoisotopic (exact) mass is 838 g/mol. The molecule has 0 radical (unpaired) electrons. The lowest BCUT2D eigenvalue weighted by Gasteiger charge is -2.36. The zero-order chi connectivity index (χ0) is 44.3. The average molecular weight is 840 g/mol. The number of carbonyl (C=O) groups is 4. The minimum Gasteiger partial charge on any atom is -0.469 e. The van der Waals surface area contributed by atoms with Crippen LogP contribution in [0.2, 0.25) is 10.0 Å². The van der Waals surface area contributed by atoms with Gasteiger partial charge in [0.15, 0.2) is 5.78 Å². The first-order chi connectivity index (χ1) is 27.6. The quantitative estimate of drug-likeness (QED) is 0.105. The highest BCUT2D eigenvalue weighted by atomic mass is 35.5. The highest BCUT2D eigenvalue weighted by molar-refractivity contribution is 6.37. The van der Waals surface area contributed by atoms with Crippen molar-refractivity contribution in [1.29, 1.82) is 0 Å². The Morgan fingerprint density at radius 2 is 1.19 bits per heavy atom. The van der Waals surface area contributed by atoms with Gasteiger partial charge in [-0.15, -0.1) is 0 Å². The molecule has 1 N–H and O–H groups in total. The minimum absolute atomic E-state index is 0.0353. The third-order valence-corrected chi connectivity index (χ3v) is 8.33. The molecular formula is C47H64Cl2N2O7. The molecule has 11 heteroatoms. The number of hydrogen-bond donors (Lipinski definition) is 1. The van der Waals surface area contributed by atoms with Crippen LogP contribution in [0.25, 0.3) is 0 Å². The van der Waals surface area contributed by atoms with Gasteiger partial charge in [0, 0.05) is 49.5 Å². The van der Waals surface area contributed by atoms with Gasteiger partial charge in [-0.2, -0.15) is 0 Å². The van der Waals surface area contributed by atoms with E-state index in [4.69, 9.17) is 32.7 Å². The van der Waals surface area contributed by atoms with Gasteiger partial charge in [0.25, 0.3) is 5.91 Å². The molecule has 4 aromatic carbocycles. The molecule has 1 atom stereocenters. The molecule has 0 aliphatic carbocycles. The number of anilines is 2. The van der Waals surface area contributed by atoms with Crippen LogP contribution in [0.3, 0.4) is 0 Å². The van der Waals surface area contributed by atoms with Crippen molar-refractivity contribution in [3.05, 3.63) is 124 Å². The van der Waals surface area contributed by atoms with Crippen molar-refractivity contribution in [2.24, 2.45) is 5.41 Å². The summed E-state index contributed by atoms with van der Waals surface area (Å²) in [4.78, 5) is 50.6. The third-order valence-electron chi connectivity index (χ3n) is 7.78. The first-order valence-electron chi connectivity index (χ1n) is 19.8. The van der Waals surface area contributed by atoms with E-state index in [0.29, 0.717) is 29.7 Å². The lowest BCUT2D eigenvalue weighted by Crippen LogP contribution is -2.59. The first kappa shape index (κ1) is 53.1. The average Bonchev–Trinajstić information content (AvgIpc) is 3.21. The van der Waals surface area contributed by atoms with Crippen LogP contribution < -0.4 is 15.0 Å². The number of ketones is 1. The maximum Gasteiger partial charge on any atom is 0.302 e. The van der Waals surface area contributed by atoms with Crippen molar-refractivity contribution < 1.29 is 33.4 Å². The molecule has 58 heavy (non-hydrogen) atoms. The van der Waals surface area contributed by atoms with E-state index in [0.717, 1.165) is 29.9 Å². The predicted molar refractivity (Wildman–Crippen MR) is 240 cm³/mol. The number of hydrogen-bond acceptors (Lipinski definition) is 8. The molecule has 0 aliphatic heterocycles. The number of nitrogens with one attached hydrogen (secondary N) is 1. The van der Waals surface area contributed by atoms with Gasteiger partial charge >= 0.3 is 11.9 Å². The van der Waals surface area contributed by atoms with Gasteiger partial charge < -0.3 is 24.4 Å². The highest BCUT2D eigenvalue weighted by Crippen LogP contribution is 2.34. The number of rotatable bonds is 13. The van der Waals surface area contributed by atoms with Crippen LogP contribution in [0, 0.1) is 5.41 Å². The van der Waals surface area contributed by atoms with Gasteiger partial charge in [-0.05, 0) is 74.4 Å². The molecule has 0 spiro atoms. The molecule has 4 rings (SSSR count). The maximum absolute atomic E-state index is 14.1. The fourth-order valence-electron chi connectivity index (χ4n) is 5.17. The molecular weight excluding hydrogens is 775 g/mol. The molecule has 9 nitrogen and oxygen atoms in total. The van der Waals surface area contributed by atoms with Gasteiger partial charge in [0.1, 0.15) is 12.4 Å². The Bertz CT molecular complexity index is 1780. The molecule has 0 saturated heterocycles. The Morgan fingerprint density at radius 1 is 0.672 bits per heavy atom.